The van der Waals surface area contributed by atoms with Crippen LogP contribution >= 0.6 is 0 Å². The number of rotatable bonds is 19. The SMILES string of the molecule is COc1ccccc1CN(CCCCC[C@H](O)c1ccc(O)c2[nH]c(=O)ccc12)C(=O)c1ccc(COc2cccc([C@@H](CC(=O)O[C@H]3CN4CCC3CC4)c3ccccc3)c2)cc1. The molecule has 11 heteroatoms. The lowest BCUT2D eigenvalue weighted by molar-refractivity contribution is -0.159. The molecule has 2 bridgehead atoms. The van der Waals surface area contributed by atoms with Crippen molar-refractivity contribution in [2.24, 2.45) is 5.92 Å². The first-order valence-corrected chi connectivity index (χ1v) is 22.4. The molecular weight excluding hydrogens is 807 g/mol. The van der Waals surface area contributed by atoms with Gasteiger partial charge in [0, 0.05) is 48.1 Å². The number of H-pyrrole nitrogens is 1. The number of carbonyl (C=O) groups is 2. The molecule has 332 valence electrons. The molecule has 4 heterocycles. The van der Waals surface area contributed by atoms with Crippen molar-refractivity contribution in [3.8, 4) is 17.2 Å². The number of carbonyl (C=O) groups excluding carboxylic acids is 2. The first-order chi connectivity index (χ1) is 31.2. The van der Waals surface area contributed by atoms with Crippen molar-refractivity contribution in [3.63, 3.8) is 0 Å². The number of aromatic hydroxyl groups is 1. The summed E-state index contributed by atoms with van der Waals surface area (Å²) in [5.74, 6) is 1.34. The average Bonchev–Trinajstić information content (AvgIpc) is 3.33. The van der Waals surface area contributed by atoms with Crippen molar-refractivity contribution in [2.75, 3.05) is 33.3 Å². The fraction of sp³-hybridized carbons (Fsp3) is 0.340. The first-order valence-electron chi connectivity index (χ1n) is 22.4. The van der Waals surface area contributed by atoms with Gasteiger partial charge in [-0.1, -0.05) is 91.7 Å². The van der Waals surface area contributed by atoms with Gasteiger partial charge >= 0.3 is 5.97 Å². The fourth-order valence-corrected chi connectivity index (χ4v) is 9.27. The van der Waals surface area contributed by atoms with Crippen molar-refractivity contribution in [1.29, 1.82) is 0 Å². The van der Waals surface area contributed by atoms with Gasteiger partial charge in [-0.05, 0) is 109 Å². The van der Waals surface area contributed by atoms with Gasteiger partial charge in [-0.2, -0.15) is 0 Å². The fourth-order valence-electron chi connectivity index (χ4n) is 9.27. The lowest BCUT2D eigenvalue weighted by Gasteiger charge is -2.44. The van der Waals surface area contributed by atoms with E-state index in [0.717, 1.165) is 61.2 Å². The molecule has 3 saturated heterocycles. The highest BCUT2D eigenvalue weighted by Crippen LogP contribution is 2.35. The summed E-state index contributed by atoms with van der Waals surface area (Å²) in [6.45, 7) is 4.18. The molecule has 9 rings (SSSR count). The van der Waals surface area contributed by atoms with Crippen molar-refractivity contribution >= 4 is 22.8 Å². The smallest absolute Gasteiger partial charge is 0.307 e. The number of ether oxygens (including phenoxy) is 3. The number of aliphatic hydroxyl groups excluding tert-OH is 1. The summed E-state index contributed by atoms with van der Waals surface area (Å²) < 4.78 is 18.1. The standard InChI is InChI=1S/C53H57N3O8/c1-62-48-17-8-7-13-41(48)33-56(28-9-3-6-16-46(57)43-22-24-47(58)52-44(43)23-25-50(59)54-52)53(61)39-20-18-36(19-21-39)35-63-42-15-10-14-40(31-42)45(37-11-4-2-5-12-37)32-51(60)64-49-34-55-29-26-38(49)27-30-55/h2,4-5,7-8,10-15,17-25,31,38,45-46,49,57-58H,3,6,9,16,26-30,32-35H2,1H3,(H,54,59)/t45-,46-,49-/m0/s1. The largest absolute Gasteiger partial charge is 0.506 e. The van der Waals surface area contributed by atoms with Crippen LogP contribution in [-0.4, -0.2) is 76.3 Å². The minimum Gasteiger partial charge on any atom is -0.506 e. The number of aromatic amines is 1. The number of nitrogens with one attached hydrogen (secondary N) is 1. The predicted octanol–water partition coefficient (Wildman–Crippen LogP) is 8.92. The van der Waals surface area contributed by atoms with Crippen LogP contribution in [0.4, 0.5) is 0 Å². The minimum atomic E-state index is -0.784. The number of amides is 1. The zero-order valence-corrected chi connectivity index (χ0v) is 36.4. The molecule has 3 fully saturated rings. The molecule has 3 atom stereocenters. The third-order valence-electron chi connectivity index (χ3n) is 12.8. The normalized spacial score (nSPS) is 17.7. The van der Waals surface area contributed by atoms with Gasteiger partial charge in [-0.3, -0.25) is 19.3 Å². The summed E-state index contributed by atoms with van der Waals surface area (Å²) in [7, 11) is 1.62. The Kier molecular flexibility index (Phi) is 14.4. The van der Waals surface area contributed by atoms with Gasteiger partial charge in [0.25, 0.3) is 5.91 Å². The number of pyridine rings is 1. The van der Waals surface area contributed by atoms with Gasteiger partial charge in [0.15, 0.2) is 0 Å². The number of piperidine rings is 3. The van der Waals surface area contributed by atoms with Crippen LogP contribution in [0.1, 0.15) is 95.1 Å². The van der Waals surface area contributed by atoms with E-state index in [1.807, 2.05) is 95.9 Å². The maximum absolute atomic E-state index is 14.1. The maximum atomic E-state index is 14.1. The number of para-hydroxylation sites is 1. The lowest BCUT2D eigenvalue weighted by atomic mass is 9.85. The van der Waals surface area contributed by atoms with Crippen LogP contribution in [0, 0.1) is 5.92 Å². The van der Waals surface area contributed by atoms with Crippen LogP contribution in [0.25, 0.3) is 10.9 Å². The van der Waals surface area contributed by atoms with E-state index in [-0.39, 0.29) is 41.6 Å². The Hall–Kier alpha value is -6.43. The average molecular weight is 864 g/mol. The Bertz CT molecular complexity index is 2570. The summed E-state index contributed by atoms with van der Waals surface area (Å²) in [5.41, 5.74) is 5.02. The van der Waals surface area contributed by atoms with Crippen LogP contribution in [0.15, 0.2) is 132 Å². The van der Waals surface area contributed by atoms with Gasteiger partial charge in [0.05, 0.1) is 25.2 Å². The third kappa shape index (κ3) is 10.8. The van der Waals surface area contributed by atoms with Crippen LogP contribution in [0.3, 0.4) is 0 Å². The maximum Gasteiger partial charge on any atom is 0.307 e. The number of unbranched alkanes of at least 4 members (excludes halogenated alkanes) is 2. The van der Waals surface area contributed by atoms with Crippen LogP contribution in [0.5, 0.6) is 17.2 Å². The molecule has 5 aromatic carbocycles. The summed E-state index contributed by atoms with van der Waals surface area (Å²) in [5, 5.41) is 22.0. The number of hydrogen-bond acceptors (Lipinski definition) is 9. The highest BCUT2D eigenvalue weighted by Gasteiger charge is 2.37. The first kappa shape index (κ1) is 44.2. The summed E-state index contributed by atoms with van der Waals surface area (Å²) in [6, 6.07) is 39.4. The van der Waals surface area contributed by atoms with E-state index in [1.165, 1.54) is 12.1 Å². The number of nitrogens with zero attached hydrogens (tertiary/aromatic N) is 2. The molecule has 3 N–H and O–H groups in total. The highest BCUT2D eigenvalue weighted by molar-refractivity contribution is 5.94. The second kappa shape index (κ2) is 20.8. The van der Waals surface area contributed by atoms with Crippen molar-refractivity contribution in [1.82, 2.24) is 14.8 Å². The Balaban J connectivity index is 0.888. The second-order valence-corrected chi connectivity index (χ2v) is 17.1. The van der Waals surface area contributed by atoms with Gasteiger partial charge in [-0.15, -0.1) is 0 Å². The van der Waals surface area contributed by atoms with E-state index in [4.69, 9.17) is 14.2 Å². The number of esters is 1. The number of fused-ring (bicyclic) bond motifs is 4. The quantitative estimate of drug-likeness (QED) is 0.0538. The summed E-state index contributed by atoms with van der Waals surface area (Å²) in [4.78, 5) is 46.3. The number of aromatic nitrogens is 1. The lowest BCUT2D eigenvalue weighted by Crippen LogP contribution is -2.52. The van der Waals surface area contributed by atoms with Gasteiger partial charge < -0.3 is 34.3 Å². The van der Waals surface area contributed by atoms with Crippen LogP contribution in [-0.2, 0) is 22.7 Å². The Morgan fingerprint density at radius 2 is 1.61 bits per heavy atom. The number of phenols is 1. The zero-order chi connectivity index (χ0) is 44.4. The summed E-state index contributed by atoms with van der Waals surface area (Å²) in [6.07, 6.45) is 4.28. The van der Waals surface area contributed by atoms with Gasteiger partial charge in [-0.25, -0.2) is 0 Å². The van der Waals surface area contributed by atoms with Gasteiger partial charge in [0.2, 0.25) is 5.56 Å². The second-order valence-electron chi connectivity index (χ2n) is 17.1. The Labute approximate surface area is 374 Å². The number of methoxy groups -OCH3 is 1. The summed E-state index contributed by atoms with van der Waals surface area (Å²) >= 11 is 0. The molecular formula is C53H57N3O8. The topological polar surface area (TPSA) is 142 Å². The third-order valence-corrected chi connectivity index (χ3v) is 12.8. The Morgan fingerprint density at radius 1 is 0.844 bits per heavy atom. The molecule has 11 nitrogen and oxygen atoms in total. The molecule has 1 amide bonds. The zero-order valence-electron chi connectivity index (χ0n) is 36.4. The molecule has 0 radical (unpaired) electrons. The molecule has 6 aromatic rings. The molecule has 3 aliphatic heterocycles. The number of aliphatic hydroxyl groups is 1. The van der Waals surface area contributed by atoms with Crippen molar-refractivity contribution in [2.45, 2.75) is 76.2 Å². The molecule has 3 aliphatic rings. The van der Waals surface area contributed by atoms with Crippen LogP contribution in [0.2, 0.25) is 0 Å². The minimum absolute atomic E-state index is 0.0353. The van der Waals surface area contributed by atoms with E-state index in [9.17, 15) is 24.6 Å². The van der Waals surface area contributed by atoms with Crippen molar-refractivity contribution < 1.29 is 34.0 Å². The van der Waals surface area contributed by atoms with Crippen LogP contribution < -0.4 is 15.0 Å². The van der Waals surface area contributed by atoms with E-state index in [1.54, 1.807) is 19.2 Å². The van der Waals surface area contributed by atoms with Crippen molar-refractivity contribution in [3.05, 3.63) is 171 Å². The molecule has 1 aromatic heterocycles. The van der Waals surface area contributed by atoms with E-state index < -0.39 is 6.10 Å². The molecule has 0 spiro atoms. The monoisotopic (exact) mass is 863 g/mol. The van der Waals surface area contributed by atoms with E-state index in [0.29, 0.717) is 78.4 Å². The predicted molar refractivity (Wildman–Crippen MR) is 247 cm³/mol. The molecule has 0 aliphatic carbocycles. The molecule has 0 saturated carbocycles. The molecule has 0 unspecified atom stereocenters. The Morgan fingerprint density at radius 3 is 2.38 bits per heavy atom. The number of phenolic OH excluding ortho intramolecular Hbond substituents is 1. The number of hydrogen-bond donors (Lipinski definition) is 3. The number of benzene rings is 5. The van der Waals surface area contributed by atoms with E-state index >= 15 is 0 Å². The molecule has 64 heavy (non-hydrogen) atoms. The van der Waals surface area contributed by atoms with E-state index in [2.05, 4.69) is 22.0 Å². The van der Waals surface area contributed by atoms with Gasteiger partial charge in [0.1, 0.15) is 30.0 Å². The highest BCUT2D eigenvalue weighted by atomic mass is 16.5.